The molecule has 0 saturated carbocycles. The molecule has 2 aliphatic rings. The van der Waals surface area contributed by atoms with E-state index in [0.717, 1.165) is 22.3 Å². The summed E-state index contributed by atoms with van der Waals surface area (Å²) in [5, 5.41) is 49.2. The third kappa shape index (κ3) is 9.38. The first kappa shape index (κ1) is 39.9. The highest BCUT2D eigenvalue weighted by molar-refractivity contribution is 7.66. The number of hydrogen-bond donors (Lipinski definition) is 11. The number of ether oxygens (including phenoxy) is 2. The Bertz CT molecular complexity index is 1740. The first-order chi connectivity index (χ1) is 21.8. The largest absolute Gasteiger partial charge is 0.490 e. The predicted octanol–water partition coefficient (Wildman–Crippen LogP) is -3.99. The quantitative estimate of drug-likeness (QED) is 0.103. The van der Waals surface area contributed by atoms with Crippen LogP contribution in [0.4, 0.5) is 11.6 Å². The van der Waals surface area contributed by atoms with Gasteiger partial charge >= 0.3 is 34.8 Å². The van der Waals surface area contributed by atoms with Crippen LogP contribution in [-0.4, -0.2) is 113 Å². The fourth-order valence-corrected chi connectivity index (χ4v) is 7.42. The number of nitrogens with two attached hydrogens (primary N) is 2. The summed E-state index contributed by atoms with van der Waals surface area (Å²) in [6.45, 7) is 0.999. The van der Waals surface area contributed by atoms with Crippen LogP contribution in [0, 0.1) is 0 Å². The van der Waals surface area contributed by atoms with E-state index < -0.39 is 96.1 Å². The molecule has 4 heterocycles. The van der Waals surface area contributed by atoms with Crippen molar-refractivity contribution in [1.82, 2.24) is 19.1 Å². The summed E-state index contributed by atoms with van der Waals surface area (Å²) in [4.78, 5) is 66.0. The van der Waals surface area contributed by atoms with Crippen LogP contribution in [0.1, 0.15) is 26.3 Å². The maximum absolute atomic E-state index is 11.9. The van der Waals surface area contributed by atoms with E-state index >= 15 is 0 Å². The fourth-order valence-electron chi connectivity index (χ4n) is 4.31. The molecular weight excluding hydrogens is 721 g/mol. The Kier molecular flexibility index (Phi) is 12.0. The Balaban J connectivity index is 0.000000294. The zero-order valence-corrected chi connectivity index (χ0v) is 27.3. The monoisotopic (exact) mass is 754 g/mol. The van der Waals surface area contributed by atoms with E-state index in [2.05, 4.69) is 23.1 Å². The lowest BCUT2D eigenvalue weighted by Crippen LogP contribution is -2.44. The van der Waals surface area contributed by atoms with Crippen LogP contribution >= 0.6 is 23.5 Å². The molecule has 0 amide bonds. The minimum Gasteiger partial charge on any atom is -0.393 e. The third-order valence-electron chi connectivity index (χ3n) is 6.76. The summed E-state index contributed by atoms with van der Waals surface area (Å²) in [6.07, 6.45) is -6.41. The highest BCUT2D eigenvalue weighted by Crippen LogP contribution is 2.66. The second-order valence-electron chi connectivity index (χ2n) is 10.6. The highest BCUT2D eigenvalue weighted by Gasteiger charge is 2.54. The Morgan fingerprint density at radius 1 is 0.792 bits per heavy atom. The predicted molar refractivity (Wildman–Crippen MR) is 154 cm³/mol. The molecule has 10 atom stereocenters. The van der Waals surface area contributed by atoms with Crippen molar-refractivity contribution in [3.8, 4) is 0 Å². The van der Waals surface area contributed by atoms with Crippen molar-refractivity contribution in [2.75, 3.05) is 24.7 Å². The van der Waals surface area contributed by atoms with Crippen molar-refractivity contribution in [2.24, 2.45) is 0 Å². The van der Waals surface area contributed by atoms with Crippen LogP contribution in [-0.2, 0) is 36.3 Å². The fraction of sp³-hybridized carbons (Fsp3) is 0.600. The van der Waals surface area contributed by atoms with Crippen molar-refractivity contribution < 1.29 is 81.4 Å². The minimum absolute atomic E-state index is 0.0502. The Morgan fingerprint density at radius 2 is 1.21 bits per heavy atom. The van der Waals surface area contributed by atoms with Gasteiger partial charge in [-0.15, -0.1) is 0 Å². The molecule has 0 radical (unpaired) electrons. The molecule has 28 heteroatoms. The van der Waals surface area contributed by atoms with E-state index in [1.54, 1.807) is 0 Å². The maximum atomic E-state index is 11.9. The molecule has 2 aliphatic heterocycles. The summed E-state index contributed by atoms with van der Waals surface area (Å²) >= 11 is 0. The molecule has 48 heavy (non-hydrogen) atoms. The van der Waals surface area contributed by atoms with Crippen molar-refractivity contribution in [3.05, 3.63) is 45.5 Å². The van der Waals surface area contributed by atoms with Crippen molar-refractivity contribution in [3.63, 3.8) is 0 Å². The number of aliphatic hydroxyl groups is 5. The number of nitrogen functional groups attached to an aromatic ring is 2. The molecule has 4 rings (SSSR count). The zero-order chi connectivity index (χ0) is 36.6. The molecule has 25 nitrogen and oxygen atoms in total. The van der Waals surface area contributed by atoms with Gasteiger partial charge in [-0.3, -0.25) is 13.7 Å². The molecule has 2 fully saturated rings. The summed E-state index contributed by atoms with van der Waals surface area (Å²) in [6, 6.07) is 2.57. The topological polar surface area (TPSA) is 401 Å². The standard InChI is InChI=1S/C10H18N3O14P3.C10H15N3O5/c1-10(4-24-29(20,21)27-30(22,23)26-28(17,18)19)7(15)6(14)8(25-10)13-3-2-5(11)12-9(13)16;1-10(4-14)7(16)6(15)8(18-10)13-3-2-5(11)12-9(13)17/h2-3,6-8,14-15H,4H2,1H3,(H,20,21)(H,22,23)(H2,11,12,16)(H2,17,18,19);2-3,6-8,14-16H,4H2,1H3,(H2,11,12,17)/t2*6-,7?,8+,10+/m00/s1. The summed E-state index contributed by atoms with van der Waals surface area (Å²) in [5.41, 5.74) is 5.77. The summed E-state index contributed by atoms with van der Waals surface area (Å²) in [5.74, 6) is -0.0751. The average molecular weight is 754 g/mol. The number of anilines is 2. The van der Waals surface area contributed by atoms with Crippen molar-refractivity contribution >= 4 is 35.1 Å². The van der Waals surface area contributed by atoms with Gasteiger partial charge in [0, 0.05) is 12.4 Å². The zero-order valence-electron chi connectivity index (χ0n) is 24.6. The number of phosphoric ester groups is 1. The van der Waals surface area contributed by atoms with Gasteiger partial charge < -0.3 is 66.0 Å². The van der Waals surface area contributed by atoms with Gasteiger partial charge in [-0.2, -0.15) is 18.6 Å². The Morgan fingerprint density at radius 3 is 1.58 bits per heavy atom. The third-order valence-corrected chi connectivity index (χ3v) is 10.5. The average Bonchev–Trinajstić information content (AvgIpc) is 3.30. The molecular formula is C20H33N6O19P3. The number of hydrogen-bond acceptors (Lipinski definition) is 19. The van der Waals surface area contributed by atoms with E-state index in [1.165, 1.54) is 25.3 Å². The van der Waals surface area contributed by atoms with Crippen LogP contribution in [0.5, 0.6) is 0 Å². The smallest absolute Gasteiger partial charge is 0.393 e. The van der Waals surface area contributed by atoms with E-state index in [1.807, 2.05) is 0 Å². The second-order valence-corrected chi connectivity index (χ2v) is 15.0. The SMILES string of the molecule is C[C@]1(CO)O[C@@H](n2ccc(N)nc2=O)[C@@H](O)C1O.C[C@]1(COP(=O)(O)OP(=O)(O)OP(=O)(O)O)O[C@@H](n2ccc(N)nc2=O)[C@@H](O)C1O. The molecule has 4 unspecified atom stereocenters. The molecule has 0 aromatic carbocycles. The second kappa shape index (κ2) is 14.4. The Hall–Kier alpha value is -2.51. The lowest BCUT2D eigenvalue weighted by atomic mass is 9.99. The van der Waals surface area contributed by atoms with Crippen LogP contribution in [0.3, 0.4) is 0 Å². The summed E-state index contributed by atoms with van der Waals surface area (Å²) < 4.78 is 57.8. The van der Waals surface area contributed by atoms with E-state index in [0.29, 0.717) is 0 Å². The lowest BCUT2D eigenvalue weighted by Gasteiger charge is -2.28. The van der Waals surface area contributed by atoms with Gasteiger partial charge in [0.15, 0.2) is 12.5 Å². The van der Waals surface area contributed by atoms with Gasteiger partial charge in [0.05, 0.1) is 13.2 Å². The highest BCUT2D eigenvalue weighted by atomic mass is 31.3. The first-order valence-electron chi connectivity index (χ1n) is 13.0. The van der Waals surface area contributed by atoms with E-state index in [9.17, 15) is 53.7 Å². The number of rotatable bonds is 10. The Labute approximate surface area is 268 Å². The molecule has 2 aromatic heterocycles. The molecule has 0 bridgehead atoms. The molecule has 2 saturated heterocycles. The van der Waals surface area contributed by atoms with Gasteiger partial charge in [-0.25, -0.2) is 23.3 Å². The van der Waals surface area contributed by atoms with Gasteiger partial charge in [0.2, 0.25) is 0 Å². The molecule has 272 valence electrons. The van der Waals surface area contributed by atoms with Crippen LogP contribution in [0.25, 0.3) is 0 Å². The normalized spacial score (nSPS) is 33.0. The first-order valence-corrected chi connectivity index (χ1v) is 17.5. The van der Waals surface area contributed by atoms with E-state index in [-0.39, 0.29) is 11.6 Å². The van der Waals surface area contributed by atoms with Gasteiger partial charge in [0.1, 0.15) is 47.3 Å². The summed E-state index contributed by atoms with van der Waals surface area (Å²) in [7, 11) is -16.8. The molecule has 2 aromatic rings. The van der Waals surface area contributed by atoms with Crippen LogP contribution < -0.4 is 22.8 Å². The number of nitrogens with zero attached hydrogens (tertiary/aromatic N) is 4. The lowest BCUT2D eigenvalue weighted by molar-refractivity contribution is -0.117. The maximum Gasteiger partial charge on any atom is 0.490 e. The van der Waals surface area contributed by atoms with E-state index in [4.69, 9.17) is 35.6 Å². The van der Waals surface area contributed by atoms with Crippen molar-refractivity contribution in [2.45, 2.75) is 61.9 Å². The minimum atomic E-state index is -5.74. The molecule has 0 aliphatic carbocycles. The number of aromatic nitrogens is 4. The molecule has 0 spiro atoms. The van der Waals surface area contributed by atoms with Crippen molar-refractivity contribution in [1.29, 1.82) is 0 Å². The van der Waals surface area contributed by atoms with Gasteiger partial charge in [-0.05, 0) is 26.0 Å². The number of aliphatic hydroxyl groups excluding tert-OH is 5. The van der Waals surface area contributed by atoms with Crippen LogP contribution in [0.15, 0.2) is 34.1 Å². The van der Waals surface area contributed by atoms with Gasteiger partial charge in [-0.1, -0.05) is 0 Å². The van der Waals surface area contributed by atoms with Gasteiger partial charge in [0.25, 0.3) is 0 Å². The van der Waals surface area contributed by atoms with Crippen LogP contribution in [0.2, 0.25) is 0 Å². The molecule has 13 N–H and O–H groups in total. The number of phosphoric acid groups is 3.